The number of hydrogen-bond donors (Lipinski definition) is 2. The Morgan fingerprint density at radius 2 is 2.12 bits per heavy atom. The largest absolute Gasteiger partial charge is 0.356 e. The van der Waals surface area contributed by atoms with Crippen molar-refractivity contribution in [2.24, 2.45) is 17.8 Å². The van der Waals surface area contributed by atoms with Gasteiger partial charge in [-0.15, -0.1) is 10.2 Å². The number of carbonyl (C=O) groups is 1. The summed E-state index contributed by atoms with van der Waals surface area (Å²) in [4.78, 5) is 12.3. The Labute approximate surface area is 143 Å². The molecule has 24 heavy (non-hydrogen) atoms. The van der Waals surface area contributed by atoms with Gasteiger partial charge in [0.25, 0.3) is 0 Å². The molecule has 132 valence electrons. The van der Waals surface area contributed by atoms with Gasteiger partial charge in [0.1, 0.15) is 11.6 Å². The Balaban J connectivity index is 1.17. The van der Waals surface area contributed by atoms with E-state index in [1.807, 2.05) is 0 Å². The van der Waals surface area contributed by atoms with Gasteiger partial charge in [-0.05, 0) is 63.5 Å². The first-order valence-electron chi connectivity index (χ1n) is 9.72. The van der Waals surface area contributed by atoms with Gasteiger partial charge in [0.2, 0.25) is 5.91 Å². The van der Waals surface area contributed by atoms with Crippen LogP contribution in [0.1, 0.15) is 50.2 Å². The molecular formula is C18H29N5O. The van der Waals surface area contributed by atoms with Gasteiger partial charge in [0.15, 0.2) is 0 Å². The predicted octanol–water partition coefficient (Wildman–Crippen LogP) is 1.30. The molecule has 2 atom stereocenters. The van der Waals surface area contributed by atoms with Crippen LogP contribution in [0.2, 0.25) is 0 Å². The quantitative estimate of drug-likeness (QED) is 0.771. The van der Waals surface area contributed by atoms with Gasteiger partial charge in [0, 0.05) is 31.8 Å². The molecule has 3 aliphatic rings. The summed E-state index contributed by atoms with van der Waals surface area (Å²) in [7, 11) is 0. The summed E-state index contributed by atoms with van der Waals surface area (Å²) < 4.78 is 2.28. The number of nitrogens with zero attached hydrogens (tertiary/aromatic N) is 3. The molecule has 1 aromatic heterocycles. The lowest BCUT2D eigenvalue weighted by Gasteiger charge is -2.22. The van der Waals surface area contributed by atoms with Gasteiger partial charge in [-0.2, -0.15) is 0 Å². The summed E-state index contributed by atoms with van der Waals surface area (Å²) in [5, 5.41) is 15.2. The lowest BCUT2D eigenvalue weighted by molar-refractivity contribution is -0.122. The lowest BCUT2D eigenvalue weighted by Crippen LogP contribution is -2.31. The van der Waals surface area contributed by atoms with Gasteiger partial charge in [0.05, 0.1) is 0 Å². The van der Waals surface area contributed by atoms with Gasteiger partial charge < -0.3 is 15.2 Å². The molecule has 6 nitrogen and oxygen atoms in total. The zero-order chi connectivity index (χ0) is 16.4. The molecule has 1 saturated carbocycles. The van der Waals surface area contributed by atoms with Crippen molar-refractivity contribution in [2.75, 3.05) is 19.6 Å². The number of fused-ring (bicyclic) bond motifs is 1. The predicted molar refractivity (Wildman–Crippen MR) is 91.5 cm³/mol. The zero-order valence-electron chi connectivity index (χ0n) is 14.5. The topological polar surface area (TPSA) is 71.8 Å². The molecule has 1 amide bonds. The minimum Gasteiger partial charge on any atom is -0.356 e. The first-order chi connectivity index (χ1) is 11.8. The van der Waals surface area contributed by atoms with E-state index in [0.29, 0.717) is 5.92 Å². The van der Waals surface area contributed by atoms with E-state index in [4.69, 9.17) is 0 Å². The van der Waals surface area contributed by atoms with Gasteiger partial charge in [-0.3, -0.25) is 4.79 Å². The Morgan fingerprint density at radius 3 is 3.00 bits per heavy atom. The van der Waals surface area contributed by atoms with E-state index in [0.717, 1.165) is 69.4 Å². The maximum Gasteiger partial charge on any atom is 0.223 e. The van der Waals surface area contributed by atoms with Crippen LogP contribution < -0.4 is 10.6 Å². The molecule has 3 heterocycles. The summed E-state index contributed by atoms with van der Waals surface area (Å²) in [6.45, 7) is 4.07. The Morgan fingerprint density at radius 1 is 1.25 bits per heavy atom. The van der Waals surface area contributed by atoms with Crippen LogP contribution in [0.3, 0.4) is 0 Å². The third-order valence-corrected chi connectivity index (χ3v) is 5.98. The molecule has 0 spiro atoms. The number of nitrogens with one attached hydrogen (secondary N) is 2. The summed E-state index contributed by atoms with van der Waals surface area (Å²) >= 11 is 0. The summed E-state index contributed by atoms with van der Waals surface area (Å²) in [6.07, 6.45) is 8.98. The average molecular weight is 331 g/mol. The summed E-state index contributed by atoms with van der Waals surface area (Å²) in [6, 6.07) is 0. The highest BCUT2D eigenvalue weighted by molar-refractivity contribution is 5.81. The van der Waals surface area contributed by atoms with E-state index < -0.39 is 0 Å². The number of hydrogen-bond acceptors (Lipinski definition) is 4. The molecule has 1 saturated heterocycles. The van der Waals surface area contributed by atoms with Crippen molar-refractivity contribution >= 4 is 5.91 Å². The highest BCUT2D eigenvalue weighted by Gasteiger charge is 2.47. The Hall–Kier alpha value is -1.43. The molecular weight excluding hydrogens is 302 g/mol. The van der Waals surface area contributed by atoms with E-state index in [1.165, 1.54) is 25.7 Å². The van der Waals surface area contributed by atoms with Crippen LogP contribution in [0.25, 0.3) is 0 Å². The summed E-state index contributed by atoms with van der Waals surface area (Å²) in [5.41, 5.74) is 0. The van der Waals surface area contributed by atoms with E-state index in [9.17, 15) is 4.79 Å². The van der Waals surface area contributed by atoms with E-state index >= 15 is 0 Å². The maximum absolute atomic E-state index is 12.3. The van der Waals surface area contributed by atoms with Gasteiger partial charge in [-0.1, -0.05) is 0 Å². The van der Waals surface area contributed by atoms with Crippen molar-refractivity contribution in [3.05, 3.63) is 11.6 Å². The van der Waals surface area contributed by atoms with Crippen LogP contribution >= 0.6 is 0 Å². The highest BCUT2D eigenvalue weighted by atomic mass is 16.2. The molecule has 6 heteroatoms. The summed E-state index contributed by atoms with van der Waals surface area (Å²) in [5.74, 6) is 4.22. The first-order valence-corrected chi connectivity index (χ1v) is 9.72. The Bertz CT molecular complexity index is 578. The fraction of sp³-hybridized carbons (Fsp3) is 0.833. The van der Waals surface area contributed by atoms with Crippen molar-refractivity contribution in [1.29, 1.82) is 0 Å². The SMILES string of the molecule is O=C(NCCCc1nnc2n1CCCC2)[C@@H]1C[C@H]1C1CCNCC1. The number of aromatic nitrogens is 3. The van der Waals surface area contributed by atoms with Crippen LogP contribution in [0.5, 0.6) is 0 Å². The van der Waals surface area contributed by atoms with Crippen molar-refractivity contribution in [3.63, 3.8) is 0 Å². The molecule has 1 aliphatic carbocycles. The second-order valence-corrected chi connectivity index (χ2v) is 7.63. The monoisotopic (exact) mass is 331 g/mol. The minimum atomic E-state index is 0.279. The maximum atomic E-state index is 12.3. The first kappa shape index (κ1) is 16.1. The Kier molecular flexibility index (Phi) is 4.83. The molecule has 0 aromatic carbocycles. The fourth-order valence-electron chi connectivity index (χ4n) is 4.45. The van der Waals surface area contributed by atoms with Crippen molar-refractivity contribution in [1.82, 2.24) is 25.4 Å². The molecule has 2 aliphatic heterocycles. The van der Waals surface area contributed by atoms with E-state index in [1.54, 1.807) is 0 Å². The highest BCUT2D eigenvalue weighted by Crippen LogP contribution is 2.47. The van der Waals surface area contributed by atoms with Crippen molar-refractivity contribution < 1.29 is 4.79 Å². The number of rotatable bonds is 6. The van der Waals surface area contributed by atoms with Crippen LogP contribution in [-0.2, 0) is 24.2 Å². The fourth-order valence-corrected chi connectivity index (χ4v) is 4.45. The third kappa shape index (κ3) is 3.48. The second-order valence-electron chi connectivity index (χ2n) is 7.63. The second kappa shape index (κ2) is 7.21. The van der Waals surface area contributed by atoms with E-state index in [-0.39, 0.29) is 11.8 Å². The molecule has 2 N–H and O–H groups in total. The van der Waals surface area contributed by atoms with Crippen molar-refractivity contribution in [3.8, 4) is 0 Å². The molecule has 2 fully saturated rings. The number of carbonyl (C=O) groups excluding carboxylic acids is 1. The minimum absolute atomic E-state index is 0.279. The zero-order valence-corrected chi connectivity index (χ0v) is 14.5. The van der Waals surface area contributed by atoms with E-state index in [2.05, 4.69) is 25.4 Å². The number of amides is 1. The van der Waals surface area contributed by atoms with Crippen LogP contribution in [0.4, 0.5) is 0 Å². The molecule has 4 rings (SSSR count). The molecule has 0 unspecified atom stereocenters. The third-order valence-electron chi connectivity index (χ3n) is 5.98. The number of aryl methyl sites for hydroxylation is 2. The number of piperidine rings is 1. The van der Waals surface area contributed by atoms with Gasteiger partial charge >= 0.3 is 0 Å². The standard InChI is InChI=1S/C18H29N5O/c24-18(15-12-14(15)13-6-9-19-10-7-13)20-8-3-5-17-22-21-16-4-1-2-11-23(16)17/h13-15,19H,1-12H2,(H,20,24)/t14-,15+/m0/s1. The lowest BCUT2D eigenvalue weighted by atomic mass is 9.92. The van der Waals surface area contributed by atoms with Crippen LogP contribution in [0, 0.1) is 17.8 Å². The van der Waals surface area contributed by atoms with Crippen LogP contribution in [0.15, 0.2) is 0 Å². The smallest absolute Gasteiger partial charge is 0.223 e. The molecule has 0 bridgehead atoms. The van der Waals surface area contributed by atoms with Crippen molar-refractivity contribution in [2.45, 2.75) is 57.9 Å². The van der Waals surface area contributed by atoms with Gasteiger partial charge in [-0.25, -0.2) is 0 Å². The molecule has 0 radical (unpaired) electrons. The average Bonchev–Trinajstić information content (AvgIpc) is 3.34. The molecule has 1 aromatic rings. The normalized spacial score (nSPS) is 26.8. The van der Waals surface area contributed by atoms with Crippen LogP contribution in [-0.4, -0.2) is 40.3 Å².